The number of aromatic nitrogens is 2. The van der Waals surface area contributed by atoms with E-state index in [2.05, 4.69) is 21.4 Å². The first-order chi connectivity index (χ1) is 11.2. The molecule has 23 heavy (non-hydrogen) atoms. The molecule has 0 saturated heterocycles. The fourth-order valence-electron chi connectivity index (χ4n) is 2.19. The largest absolute Gasteiger partial charge is 0.351 e. The molecule has 6 heteroatoms. The molecule has 0 aromatic carbocycles. The summed E-state index contributed by atoms with van der Waals surface area (Å²) >= 11 is 3.27. The van der Waals surface area contributed by atoms with Crippen molar-refractivity contribution in [3.63, 3.8) is 0 Å². The van der Waals surface area contributed by atoms with Gasteiger partial charge in [0.05, 0.1) is 28.3 Å². The van der Waals surface area contributed by atoms with Gasteiger partial charge >= 0.3 is 0 Å². The lowest BCUT2D eigenvalue weighted by atomic mass is 10.2. The van der Waals surface area contributed by atoms with E-state index >= 15 is 0 Å². The first-order valence-electron chi connectivity index (χ1n) is 7.38. The zero-order valence-electron chi connectivity index (χ0n) is 12.8. The second kappa shape index (κ2) is 7.48. The van der Waals surface area contributed by atoms with Crippen molar-refractivity contribution in [2.45, 2.75) is 26.3 Å². The molecule has 0 aliphatic heterocycles. The van der Waals surface area contributed by atoms with Gasteiger partial charge in [-0.05, 0) is 37.6 Å². The highest BCUT2D eigenvalue weighted by atomic mass is 32.1. The second-order valence-corrected chi connectivity index (χ2v) is 7.23. The summed E-state index contributed by atoms with van der Waals surface area (Å²) in [5, 5.41) is 2.98. The van der Waals surface area contributed by atoms with E-state index in [4.69, 9.17) is 0 Å². The molecule has 0 saturated carbocycles. The third kappa shape index (κ3) is 4.24. The minimum atomic E-state index is 0.0746. The number of thiophene rings is 1. The van der Waals surface area contributed by atoms with Crippen LogP contribution in [0.25, 0.3) is 10.6 Å². The van der Waals surface area contributed by atoms with E-state index in [0.29, 0.717) is 13.0 Å². The minimum absolute atomic E-state index is 0.0746. The second-order valence-electron chi connectivity index (χ2n) is 5.12. The fourth-order valence-corrected chi connectivity index (χ4v) is 3.89. The summed E-state index contributed by atoms with van der Waals surface area (Å²) in [5.41, 5.74) is 3.82. The van der Waals surface area contributed by atoms with Crippen LogP contribution in [-0.4, -0.2) is 15.9 Å². The van der Waals surface area contributed by atoms with E-state index < -0.39 is 0 Å². The number of hydrogen-bond acceptors (Lipinski definition) is 5. The zero-order chi connectivity index (χ0) is 16.1. The molecule has 3 heterocycles. The summed E-state index contributed by atoms with van der Waals surface area (Å²) in [6, 6.07) is 9.97. The van der Waals surface area contributed by atoms with Crippen LogP contribution in [0.2, 0.25) is 0 Å². The van der Waals surface area contributed by atoms with Gasteiger partial charge in [-0.2, -0.15) is 0 Å². The number of nitrogens with zero attached hydrogens (tertiary/aromatic N) is 2. The first-order valence-corrected chi connectivity index (χ1v) is 9.08. The van der Waals surface area contributed by atoms with Crippen LogP contribution in [0, 0.1) is 6.92 Å². The van der Waals surface area contributed by atoms with Crippen LogP contribution >= 0.6 is 22.7 Å². The number of carbonyl (C=O) groups excluding carboxylic acids is 1. The molecule has 118 valence electrons. The molecule has 0 bridgehead atoms. The smallest absolute Gasteiger partial charge is 0.220 e. The number of amides is 1. The Hall–Kier alpha value is -2.05. The van der Waals surface area contributed by atoms with Crippen molar-refractivity contribution >= 4 is 28.6 Å². The summed E-state index contributed by atoms with van der Waals surface area (Å²) in [6.07, 6.45) is 3.05. The van der Waals surface area contributed by atoms with E-state index in [0.717, 1.165) is 27.6 Å². The Morgan fingerprint density at radius 1 is 1.22 bits per heavy atom. The molecule has 3 rings (SSSR count). The third-order valence-corrected chi connectivity index (χ3v) is 5.57. The molecule has 0 radical (unpaired) electrons. The molecular weight excluding hydrogens is 326 g/mol. The summed E-state index contributed by atoms with van der Waals surface area (Å²) in [7, 11) is 0. The van der Waals surface area contributed by atoms with E-state index in [1.165, 1.54) is 4.88 Å². The van der Waals surface area contributed by atoms with Crippen LogP contribution in [0.4, 0.5) is 0 Å². The topological polar surface area (TPSA) is 54.9 Å². The Balaban J connectivity index is 1.50. The summed E-state index contributed by atoms with van der Waals surface area (Å²) in [4.78, 5) is 24.0. The van der Waals surface area contributed by atoms with Crippen molar-refractivity contribution in [2.75, 3.05) is 0 Å². The van der Waals surface area contributed by atoms with Gasteiger partial charge in [0.2, 0.25) is 5.91 Å². The molecule has 0 atom stereocenters. The zero-order valence-corrected chi connectivity index (χ0v) is 14.4. The quantitative estimate of drug-likeness (QED) is 0.740. The number of nitrogens with one attached hydrogen (secondary N) is 1. The summed E-state index contributed by atoms with van der Waals surface area (Å²) < 4.78 is 0. The summed E-state index contributed by atoms with van der Waals surface area (Å²) in [6.45, 7) is 2.55. The SMILES string of the molecule is Cc1ncsc1CCC(=O)NCc1ccc(-c2ccccn2)s1. The van der Waals surface area contributed by atoms with Crippen molar-refractivity contribution in [2.24, 2.45) is 0 Å². The van der Waals surface area contributed by atoms with Crippen molar-refractivity contribution in [3.8, 4) is 10.6 Å². The number of thiazole rings is 1. The molecule has 0 unspecified atom stereocenters. The minimum Gasteiger partial charge on any atom is -0.351 e. The first kappa shape index (κ1) is 15.8. The van der Waals surface area contributed by atoms with Crippen LogP contribution in [-0.2, 0) is 17.8 Å². The molecule has 0 spiro atoms. The van der Waals surface area contributed by atoms with Crippen molar-refractivity contribution in [3.05, 3.63) is 57.5 Å². The molecular formula is C17H17N3OS2. The average Bonchev–Trinajstić information content (AvgIpc) is 3.21. The number of hydrogen-bond donors (Lipinski definition) is 1. The lowest BCUT2D eigenvalue weighted by Gasteiger charge is -2.03. The predicted molar refractivity (Wildman–Crippen MR) is 94.6 cm³/mol. The fraction of sp³-hybridized carbons (Fsp3) is 0.235. The maximum atomic E-state index is 12.0. The molecule has 1 N–H and O–H groups in total. The van der Waals surface area contributed by atoms with Crippen LogP contribution in [0.15, 0.2) is 42.0 Å². The number of rotatable bonds is 6. The van der Waals surface area contributed by atoms with Gasteiger partial charge < -0.3 is 5.32 Å². The van der Waals surface area contributed by atoms with Gasteiger partial charge in [0.25, 0.3) is 0 Å². The number of pyridine rings is 1. The van der Waals surface area contributed by atoms with Gasteiger partial charge in [-0.3, -0.25) is 9.78 Å². The molecule has 0 fully saturated rings. The van der Waals surface area contributed by atoms with E-state index in [1.807, 2.05) is 36.7 Å². The Morgan fingerprint density at radius 3 is 2.87 bits per heavy atom. The van der Waals surface area contributed by atoms with Crippen molar-refractivity contribution in [1.82, 2.24) is 15.3 Å². The standard InChI is InChI=1S/C17H17N3OS2/c1-12-15(22-11-20-12)7-8-17(21)19-10-13-5-6-16(23-13)14-4-2-3-9-18-14/h2-6,9,11H,7-8,10H2,1H3,(H,19,21). The van der Waals surface area contributed by atoms with E-state index in [-0.39, 0.29) is 5.91 Å². The molecule has 0 aliphatic carbocycles. The lowest BCUT2D eigenvalue weighted by molar-refractivity contribution is -0.121. The Labute approximate surface area is 143 Å². The molecule has 3 aromatic heterocycles. The maximum absolute atomic E-state index is 12.0. The highest BCUT2D eigenvalue weighted by molar-refractivity contribution is 7.15. The Kier molecular flexibility index (Phi) is 5.15. The highest BCUT2D eigenvalue weighted by Crippen LogP contribution is 2.26. The van der Waals surface area contributed by atoms with Gasteiger partial charge in [-0.25, -0.2) is 4.98 Å². The summed E-state index contributed by atoms with van der Waals surface area (Å²) in [5.74, 6) is 0.0746. The van der Waals surface area contributed by atoms with Crippen LogP contribution in [0.5, 0.6) is 0 Å². The van der Waals surface area contributed by atoms with Crippen LogP contribution in [0.1, 0.15) is 21.9 Å². The Bertz CT molecular complexity index is 780. The van der Waals surface area contributed by atoms with Crippen molar-refractivity contribution < 1.29 is 4.79 Å². The Morgan fingerprint density at radius 2 is 2.13 bits per heavy atom. The predicted octanol–water partition coefficient (Wildman–Crippen LogP) is 3.82. The van der Waals surface area contributed by atoms with Gasteiger partial charge in [-0.15, -0.1) is 22.7 Å². The number of carbonyl (C=O) groups is 1. The van der Waals surface area contributed by atoms with Gasteiger partial charge in [0.1, 0.15) is 0 Å². The van der Waals surface area contributed by atoms with Gasteiger partial charge in [0.15, 0.2) is 0 Å². The van der Waals surface area contributed by atoms with Crippen LogP contribution < -0.4 is 5.32 Å². The lowest BCUT2D eigenvalue weighted by Crippen LogP contribution is -2.22. The molecule has 4 nitrogen and oxygen atoms in total. The van der Waals surface area contributed by atoms with Crippen molar-refractivity contribution in [1.29, 1.82) is 0 Å². The average molecular weight is 343 g/mol. The molecule has 1 amide bonds. The maximum Gasteiger partial charge on any atom is 0.220 e. The molecule has 0 aliphatic rings. The highest BCUT2D eigenvalue weighted by Gasteiger charge is 2.08. The van der Waals surface area contributed by atoms with E-state index in [9.17, 15) is 4.79 Å². The molecule has 3 aromatic rings. The third-order valence-electron chi connectivity index (χ3n) is 3.46. The normalized spacial score (nSPS) is 10.7. The van der Waals surface area contributed by atoms with Gasteiger partial charge in [0, 0.05) is 22.4 Å². The van der Waals surface area contributed by atoms with Crippen LogP contribution in [0.3, 0.4) is 0 Å². The van der Waals surface area contributed by atoms with Gasteiger partial charge in [-0.1, -0.05) is 6.07 Å². The van der Waals surface area contributed by atoms with E-state index in [1.54, 1.807) is 28.9 Å². The number of aryl methyl sites for hydroxylation is 2. The monoisotopic (exact) mass is 343 g/mol.